The molecule has 4 aromatic rings. The highest BCUT2D eigenvalue weighted by molar-refractivity contribution is 5.80. The van der Waals surface area contributed by atoms with Crippen LogP contribution < -0.4 is 9.80 Å². The van der Waals surface area contributed by atoms with Crippen LogP contribution in [-0.2, 0) is 0 Å². The first-order chi connectivity index (χ1) is 12.8. The van der Waals surface area contributed by atoms with Crippen molar-refractivity contribution >= 4 is 28.3 Å². The third-order valence-electron chi connectivity index (χ3n) is 4.87. The first kappa shape index (κ1) is 15.1. The summed E-state index contributed by atoms with van der Waals surface area (Å²) in [6, 6.07) is 14.6. The van der Waals surface area contributed by atoms with Crippen LogP contribution in [0.2, 0.25) is 0 Å². The Kier molecular flexibility index (Phi) is 3.44. The highest BCUT2D eigenvalue weighted by Gasteiger charge is 2.21. The second-order valence-electron chi connectivity index (χ2n) is 6.56. The van der Waals surface area contributed by atoms with E-state index in [-0.39, 0.29) is 0 Å². The largest absolute Gasteiger partial charge is 0.353 e. The Morgan fingerprint density at radius 1 is 0.885 bits per heavy atom. The molecule has 3 aromatic heterocycles. The van der Waals surface area contributed by atoms with Gasteiger partial charge in [0.25, 0.3) is 5.78 Å². The van der Waals surface area contributed by atoms with Gasteiger partial charge in [0.1, 0.15) is 18.0 Å². The van der Waals surface area contributed by atoms with E-state index < -0.39 is 0 Å². The Balaban J connectivity index is 1.39. The summed E-state index contributed by atoms with van der Waals surface area (Å²) in [5.74, 6) is 2.75. The number of aromatic nitrogens is 5. The molecule has 7 heteroatoms. The number of nitrogens with zero attached hydrogens (tertiary/aromatic N) is 7. The molecule has 0 bridgehead atoms. The summed E-state index contributed by atoms with van der Waals surface area (Å²) >= 11 is 0. The monoisotopic (exact) mass is 345 g/mol. The number of rotatable bonds is 2. The van der Waals surface area contributed by atoms with Gasteiger partial charge in [-0.15, -0.1) is 0 Å². The van der Waals surface area contributed by atoms with E-state index in [1.54, 1.807) is 6.33 Å². The number of fused-ring (bicyclic) bond motifs is 2. The molecule has 0 saturated carbocycles. The second-order valence-corrected chi connectivity index (χ2v) is 6.56. The van der Waals surface area contributed by atoms with E-state index >= 15 is 0 Å². The molecule has 0 radical (unpaired) electrons. The van der Waals surface area contributed by atoms with Crippen molar-refractivity contribution in [2.75, 3.05) is 36.0 Å². The topological polar surface area (TPSA) is 62.5 Å². The van der Waals surface area contributed by atoms with Gasteiger partial charge in [-0.2, -0.15) is 14.6 Å². The molecule has 1 aliphatic heterocycles. The molecule has 0 amide bonds. The van der Waals surface area contributed by atoms with Crippen molar-refractivity contribution in [3.63, 3.8) is 0 Å². The minimum Gasteiger partial charge on any atom is -0.353 e. The first-order valence-corrected chi connectivity index (χ1v) is 8.81. The van der Waals surface area contributed by atoms with Crippen molar-refractivity contribution in [3.8, 4) is 0 Å². The van der Waals surface area contributed by atoms with Gasteiger partial charge in [0.2, 0.25) is 0 Å². The summed E-state index contributed by atoms with van der Waals surface area (Å²) in [4.78, 5) is 18.2. The van der Waals surface area contributed by atoms with Crippen molar-refractivity contribution < 1.29 is 0 Å². The van der Waals surface area contributed by atoms with Gasteiger partial charge in [0, 0.05) is 43.3 Å². The number of piperazine rings is 1. The van der Waals surface area contributed by atoms with Crippen LogP contribution in [0.4, 0.5) is 11.6 Å². The summed E-state index contributed by atoms with van der Waals surface area (Å²) < 4.78 is 1.82. The van der Waals surface area contributed by atoms with E-state index in [2.05, 4.69) is 55.2 Å². The Labute approximate surface area is 150 Å². The van der Waals surface area contributed by atoms with Crippen molar-refractivity contribution in [3.05, 3.63) is 54.5 Å². The zero-order valence-corrected chi connectivity index (χ0v) is 14.6. The Hall–Kier alpha value is -3.22. The summed E-state index contributed by atoms with van der Waals surface area (Å²) in [5.41, 5.74) is 2.00. The van der Waals surface area contributed by atoms with Crippen LogP contribution in [0.1, 0.15) is 5.69 Å². The SMILES string of the molecule is Cc1cc(N2CCN(c3ccc4ccccc4n3)CC2)n2ncnc2n1. The molecule has 4 heterocycles. The molecule has 0 unspecified atom stereocenters. The van der Waals surface area contributed by atoms with E-state index in [0.717, 1.165) is 49.0 Å². The maximum Gasteiger partial charge on any atom is 0.254 e. The van der Waals surface area contributed by atoms with Crippen LogP contribution in [0, 0.1) is 6.92 Å². The van der Waals surface area contributed by atoms with Crippen LogP contribution in [-0.4, -0.2) is 50.7 Å². The van der Waals surface area contributed by atoms with E-state index in [9.17, 15) is 0 Å². The van der Waals surface area contributed by atoms with Gasteiger partial charge in [-0.05, 0) is 25.1 Å². The molecule has 0 N–H and O–H groups in total. The quantitative estimate of drug-likeness (QED) is 0.556. The first-order valence-electron chi connectivity index (χ1n) is 8.81. The molecule has 0 spiro atoms. The molecule has 0 atom stereocenters. The van der Waals surface area contributed by atoms with Crippen LogP contribution in [0.5, 0.6) is 0 Å². The number of pyridine rings is 1. The molecule has 5 rings (SSSR count). The number of hydrogen-bond acceptors (Lipinski definition) is 6. The fraction of sp³-hybridized carbons (Fsp3) is 0.263. The summed E-state index contributed by atoms with van der Waals surface area (Å²) in [6.07, 6.45) is 1.56. The average Bonchev–Trinajstić information content (AvgIpc) is 3.15. The van der Waals surface area contributed by atoms with Crippen LogP contribution in [0.15, 0.2) is 48.8 Å². The lowest BCUT2D eigenvalue weighted by atomic mass is 10.2. The van der Waals surface area contributed by atoms with Gasteiger partial charge in [-0.3, -0.25) is 0 Å². The molecule has 1 saturated heterocycles. The van der Waals surface area contributed by atoms with Crippen LogP contribution in [0.25, 0.3) is 16.7 Å². The third kappa shape index (κ3) is 2.52. The van der Waals surface area contributed by atoms with E-state index in [1.165, 1.54) is 5.39 Å². The van der Waals surface area contributed by atoms with E-state index in [1.807, 2.05) is 23.6 Å². The van der Waals surface area contributed by atoms with E-state index in [0.29, 0.717) is 5.78 Å². The minimum atomic E-state index is 0.652. The van der Waals surface area contributed by atoms with Gasteiger partial charge in [0.15, 0.2) is 0 Å². The lowest BCUT2D eigenvalue weighted by Crippen LogP contribution is -2.47. The Bertz CT molecular complexity index is 1080. The summed E-state index contributed by atoms with van der Waals surface area (Å²) in [7, 11) is 0. The van der Waals surface area contributed by atoms with Gasteiger partial charge in [-0.1, -0.05) is 18.2 Å². The van der Waals surface area contributed by atoms with Crippen molar-refractivity contribution in [2.24, 2.45) is 0 Å². The highest BCUT2D eigenvalue weighted by atomic mass is 15.4. The number of hydrogen-bond donors (Lipinski definition) is 0. The van der Waals surface area contributed by atoms with Gasteiger partial charge < -0.3 is 9.80 Å². The molecule has 7 nitrogen and oxygen atoms in total. The number of aryl methyl sites for hydroxylation is 1. The van der Waals surface area contributed by atoms with Gasteiger partial charge >= 0.3 is 0 Å². The number of anilines is 2. The van der Waals surface area contributed by atoms with Crippen LogP contribution >= 0.6 is 0 Å². The van der Waals surface area contributed by atoms with Crippen LogP contribution in [0.3, 0.4) is 0 Å². The summed E-state index contributed by atoms with van der Waals surface area (Å²) in [6.45, 7) is 5.65. The average molecular weight is 345 g/mol. The second kappa shape index (κ2) is 5.94. The van der Waals surface area contributed by atoms with Crippen molar-refractivity contribution in [2.45, 2.75) is 6.92 Å². The molecule has 0 aliphatic carbocycles. The molecular formula is C19H19N7. The highest BCUT2D eigenvalue weighted by Crippen LogP contribution is 2.22. The number of benzene rings is 1. The molecule has 1 aliphatic rings. The van der Waals surface area contributed by atoms with E-state index in [4.69, 9.17) is 4.98 Å². The van der Waals surface area contributed by atoms with Crippen molar-refractivity contribution in [1.29, 1.82) is 0 Å². The maximum atomic E-state index is 4.82. The van der Waals surface area contributed by atoms with Gasteiger partial charge in [-0.25, -0.2) is 9.97 Å². The third-order valence-corrected chi connectivity index (χ3v) is 4.87. The molecular weight excluding hydrogens is 326 g/mol. The fourth-order valence-corrected chi connectivity index (χ4v) is 3.53. The Morgan fingerprint density at radius 3 is 2.58 bits per heavy atom. The minimum absolute atomic E-state index is 0.652. The normalized spacial score (nSPS) is 15.1. The molecule has 26 heavy (non-hydrogen) atoms. The number of para-hydroxylation sites is 1. The zero-order valence-electron chi connectivity index (χ0n) is 14.6. The summed E-state index contributed by atoms with van der Waals surface area (Å²) in [5, 5.41) is 5.50. The zero-order chi connectivity index (χ0) is 17.5. The predicted octanol–water partition coefficient (Wildman–Crippen LogP) is 2.31. The standard InChI is InChI=1S/C19H19N7/c1-14-12-18(26-19(22-14)20-13-21-26)25-10-8-24(9-11-25)17-7-6-15-4-2-3-5-16(15)23-17/h2-7,12-13H,8-11H2,1H3. The molecule has 1 fully saturated rings. The maximum absolute atomic E-state index is 4.82. The Morgan fingerprint density at radius 2 is 1.69 bits per heavy atom. The molecule has 130 valence electrons. The lowest BCUT2D eigenvalue weighted by molar-refractivity contribution is 0.634. The predicted molar refractivity (Wildman–Crippen MR) is 102 cm³/mol. The lowest BCUT2D eigenvalue weighted by Gasteiger charge is -2.36. The fourth-order valence-electron chi connectivity index (χ4n) is 3.53. The molecule has 1 aromatic carbocycles. The van der Waals surface area contributed by atoms with Crippen molar-refractivity contribution in [1.82, 2.24) is 24.6 Å². The van der Waals surface area contributed by atoms with Gasteiger partial charge in [0.05, 0.1) is 5.52 Å². The smallest absolute Gasteiger partial charge is 0.254 e.